The summed E-state index contributed by atoms with van der Waals surface area (Å²) in [4.78, 5) is 25.3. The van der Waals surface area contributed by atoms with E-state index in [9.17, 15) is 4.79 Å². The van der Waals surface area contributed by atoms with Gasteiger partial charge in [0, 0.05) is 56.6 Å². The van der Waals surface area contributed by atoms with Crippen LogP contribution in [-0.2, 0) is 23.1 Å². The van der Waals surface area contributed by atoms with Crippen molar-refractivity contribution in [3.63, 3.8) is 0 Å². The minimum atomic E-state index is 0.103. The van der Waals surface area contributed by atoms with Crippen LogP contribution in [0.25, 0.3) is 22.0 Å². The van der Waals surface area contributed by atoms with Crippen LogP contribution in [0.4, 0.5) is 5.82 Å². The minimum Gasteiger partial charge on any atom is -0.493 e. The van der Waals surface area contributed by atoms with E-state index >= 15 is 0 Å². The SMILES string of the molecule is CCOc1ccccc1-c1ccc2nc(N)c(C(CCC(=O)N(CCC(C)(C)C)Cc3nccn3C)C3CCOCC3)cc2c1. The predicted molar refractivity (Wildman–Crippen MR) is 181 cm³/mol. The first-order chi connectivity index (χ1) is 21.6. The summed E-state index contributed by atoms with van der Waals surface area (Å²) in [5.74, 6) is 2.93. The van der Waals surface area contributed by atoms with Crippen LogP contribution in [0.3, 0.4) is 0 Å². The zero-order valence-corrected chi connectivity index (χ0v) is 27.6. The molecule has 1 atom stereocenters. The standard InChI is InChI=1S/C37H49N5O3/c1-6-45-33-10-8-7-9-30(33)27-11-13-32-28(23-27)24-31(36(38)40-32)29(26-15-21-44-22-16-26)12-14-35(43)42(19-17-37(2,3)4)25-34-39-18-20-41(34)5/h7-11,13,18,20,23-24,26,29H,6,12,14-17,19,21-22,25H2,1-5H3,(H2,38,40). The maximum atomic E-state index is 13.9. The topological polar surface area (TPSA) is 95.5 Å². The number of fused-ring (bicyclic) bond motifs is 1. The summed E-state index contributed by atoms with van der Waals surface area (Å²) in [6.07, 6.45) is 7.68. The Morgan fingerprint density at radius 3 is 2.64 bits per heavy atom. The molecule has 0 bridgehead atoms. The number of anilines is 1. The highest BCUT2D eigenvalue weighted by atomic mass is 16.5. The number of imidazole rings is 1. The molecule has 2 aromatic heterocycles. The maximum Gasteiger partial charge on any atom is 0.222 e. The highest BCUT2D eigenvalue weighted by Crippen LogP contribution is 2.40. The molecule has 1 unspecified atom stereocenters. The molecule has 4 aromatic rings. The van der Waals surface area contributed by atoms with Crippen LogP contribution in [0.15, 0.2) is 60.9 Å². The van der Waals surface area contributed by atoms with Crippen molar-refractivity contribution in [2.24, 2.45) is 18.4 Å². The molecule has 0 aliphatic carbocycles. The number of nitrogen functional groups attached to an aromatic ring is 1. The van der Waals surface area contributed by atoms with Crippen molar-refractivity contribution in [3.8, 4) is 16.9 Å². The third-order valence-corrected chi connectivity index (χ3v) is 9.01. The van der Waals surface area contributed by atoms with E-state index < -0.39 is 0 Å². The Morgan fingerprint density at radius 1 is 1.16 bits per heavy atom. The number of para-hydroxylation sites is 1. The first kappa shape index (κ1) is 32.5. The van der Waals surface area contributed by atoms with Crippen LogP contribution in [0.1, 0.15) is 77.1 Å². The van der Waals surface area contributed by atoms with Crippen LogP contribution in [0.2, 0.25) is 0 Å². The highest BCUT2D eigenvalue weighted by molar-refractivity contribution is 5.87. The van der Waals surface area contributed by atoms with Gasteiger partial charge in [0.15, 0.2) is 0 Å². The molecular formula is C37H49N5O3. The fourth-order valence-corrected chi connectivity index (χ4v) is 6.34. The van der Waals surface area contributed by atoms with Crippen LogP contribution >= 0.6 is 0 Å². The van der Waals surface area contributed by atoms with Gasteiger partial charge in [0.25, 0.3) is 0 Å². The molecule has 1 aliphatic heterocycles. The number of benzene rings is 2. The van der Waals surface area contributed by atoms with Gasteiger partial charge in [-0.2, -0.15) is 0 Å². The molecule has 1 aliphatic rings. The molecular weight excluding hydrogens is 562 g/mol. The maximum absolute atomic E-state index is 13.9. The zero-order valence-electron chi connectivity index (χ0n) is 27.6. The predicted octanol–water partition coefficient (Wildman–Crippen LogP) is 7.37. The quantitative estimate of drug-likeness (QED) is 0.180. The van der Waals surface area contributed by atoms with Crippen molar-refractivity contribution >= 4 is 22.6 Å². The fourth-order valence-electron chi connectivity index (χ4n) is 6.34. The molecule has 1 amide bonds. The largest absolute Gasteiger partial charge is 0.493 e. The Hall–Kier alpha value is -3.91. The van der Waals surface area contributed by atoms with Crippen LogP contribution < -0.4 is 10.5 Å². The van der Waals surface area contributed by atoms with E-state index in [2.05, 4.69) is 50.0 Å². The lowest BCUT2D eigenvalue weighted by Gasteiger charge is -2.32. The number of aromatic nitrogens is 3. The van der Waals surface area contributed by atoms with Crippen molar-refractivity contribution in [3.05, 3.63) is 72.3 Å². The van der Waals surface area contributed by atoms with Crippen LogP contribution in [-0.4, -0.2) is 51.7 Å². The summed E-state index contributed by atoms with van der Waals surface area (Å²) in [5.41, 5.74) is 10.8. The van der Waals surface area contributed by atoms with Gasteiger partial charge in [-0.25, -0.2) is 9.97 Å². The fraction of sp³-hybridized carbons (Fsp3) is 0.486. The molecule has 2 aromatic carbocycles. The third-order valence-electron chi connectivity index (χ3n) is 9.01. The van der Waals surface area contributed by atoms with E-state index in [1.807, 2.05) is 53.9 Å². The average molecular weight is 612 g/mol. The lowest BCUT2D eigenvalue weighted by atomic mass is 9.78. The number of amides is 1. The Balaban J connectivity index is 1.44. The number of carbonyl (C=O) groups is 1. The number of nitrogens with two attached hydrogens (primary N) is 1. The van der Waals surface area contributed by atoms with E-state index in [1.165, 1.54) is 0 Å². The van der Waals surface area contributed by atoms with Gasteiger partial charge in [0.2, 0.25) is 5.91 Å². The first-order valence-electron chi connectivity index (χ1n) is 16.4. The van der Waals surface area contributed by atoms with Crippen molar-refractivity contribution < 1.29 is 14.3 Å². The molecule has 45 heavy (non-hydrogen) atoms. The van der Waals surface area contributed by atoms with Crippen molar-refractivity contribution in [2.45, 2.75) is 72.3 Å². The molecule has 1 fully saturated rings. The van der Waals surface area contributed by atoms with Gasteiger partial charge in [-0.1, -0.05) is 45.0 Å². The summed E-state index contributed by atoms with van der Waals surface area (Å²) in [6.45, 7) is 11.9. The second kappa shape index (κ2) is 14.5. The van der Waals surface area contributed by atoms with Gasteiger partial charge in [-0.05, 0) is 85.3 Å². The smallest absolute Gasteiger partial charge is 0.222 e. The normalized spacial score (nSPS) is 14.9. The number of nitrogens with zero attached hydrogens (tertiary/aromatic N) is 4. The number of rotatable bonds is 12. The van der Waals surface area contributed by atoms with Crippen molar-refractivity contribution in [1.82, 2.24) is 19.4 Å². The molecule has 3 heterocycles. The second-order valence-electron chi connectivity index (χ2n) is 13.5. The number of hydrogen-bond acceptors (Lipinski definition) is 6. The summed E-state index contributed by atoms with van der Waals surface area (Å²) < 4.78 is 13.7. The molecule has 1 saturated heterocycles. The second-order valence-corrected chi connectivity index (χ2v) is 13.5. The van der Waals surface area contributed by atoms with Crippen molar-refractivity contribution in [2.75, 3.05) is 32.1 Å². The number of aryl methyl sites for hydroxylation is 1. The minimum absolute atomic E-state index is 0.103. The molecule has 8 heteroatoms. The molecule has 0 radical (unpaired) electrons. The van der Waals surface area contributed by atoms with E-state index in [4.69, 9.17) is 20.2 Å². The van der Waals surface area contributed by atoms with Crippen LogP contribution in [0.5, 0.6) is 5.75 Å². The van der Waals surface area contributed by atoms with Gasteiger partial charge in [-0.15, -0.1) is 0 Å². The van der Waals surface area contributed by atoms with Gasteiger partial charge >= 0.3 is 0 Å². The number of pyridine rings is 1. The van der Waals surface area contributed by atoms with Crippen molar-refractivity contribution in [1.29, 1.82) is 0 Å². The van der Waals surface area contributed by atoms with Gasteiger partial charge in [0.1, 0.15) is 17.4 Å². The van der Waals surface area contributed by atoms with E-state index in [1.54, 1.807) is 6.20 Å². The Kier molecular flexibility index (Phi) is 10.4. The van der Waals surface area contributed by atoms with E-state index in [0.29, 0.717) is 44.3 Å². The molecule has 5 rings (SSSR count). The van der Waals surface area contributed by atoms with Crippen LogP contribution in [0, 0.1) is 11.3 Å². The summed E-state index contributed by atoms with van der Waals surface area (Å²) in [7, 11) is 1.98. The zero-order chi connectivity index (χ0) is 32.0. The van der Waals surface area contributed by atoms with Gasteiger partial charge in [0.05, 0.1) is 18.7 Å². The lowest BCUT2D eigenvalue weighted by Crippen LogP contribution is -2.34. The molecule has 0 spiro atoms. The first-order valence-corrected chi connectivity index (χ1v) is 16.4. The summed E-state index contributed by atoms with van der Waals surface area (Å²) in [5, 5.41) is 1.04. The number of hydrogen-bond donors (Lipinski definition) is 1. The number of carbonyl (C=O) groups excluding carboxylic acids is 1. The molecule has 0 saturated carbocycles. The summed E-state index contributed by atoms with van der Waals surface area (Å²) in [6, 6.07) is 16.6. The molecule has 240 valence electrons. The average Bonchev–Trinajstić information content (AvgIpc) is 3.43. The highest BCUT2D eigenvalue weighted by Gasteiger charge is 2.29. The Bertz CT molecular complexity index is 1580. The molecule has 2 N–H and O–H groups in total. The Morgan fingerprint density at radius 2 is 1.93 bits per heavy atom. The van der Waals surface area contributed by atoms with E-state index in [0.717, 1.165) is 71.6 Å². The number of ether oxygens (including phenoxy) is 2. The Labute approximate surface area is 268 Å². The van der Waals surface area contributed by atoms with Gasteiger partial charge in [-0.3, -0.25) is 4.79 Å². The van der Waals surface area contributed by atoms with E-state index in [-0.39, 0.29) is 17.2 Å². The lowest BCUT2D eigenvalue weighted by molar-refractivity contribution is -0.132. The van der Waals surface area contributed by atoms with Gasteiger partial charge < -0.3 is 24.7 Å². The molecule has 8 nitrogen and oxygen atoms in total. The third kappa shape index (κ3) is 8.23. The summed E-state index contributed by atoms with van der Waals surface area (Å²) >= 11 is 0. The monoisotopic (exact) mass is 611 g/mol.